The van der Waals surface area contributed by atoms with Crippen LogP contribution in [0.4, 0.5) is 0 Å². The molecule has 1 aromatic carbocycles. The van der Waals surface area contributed by atoms with Crippen molar-refractivity contribution in [3.63, 3.8) is 0 Å². The van der Waals surface area contributed by atoms with Crippen LogP contribution in [0.25, 0.3) is 21.8 Å². The molecule has 3 rings (SSSR count). The van der Waals surface area contributed by atoms with Crippen molar-refractivity contribution in [3.8, 4) is 0 Å². The van der Waals surface area contributed by atoms with Gasteiger partial charge in [-0.15, -0.1) is 0 Å². The van der Waals surface area contributed by atoms with Gasteiger partial charge in [0.05, 0.1) is 16.3 Å². The SMILES string of the molecule is O=C=c1cc2ccc3cccnc3c2nc1=C=O.[RhH]. The van der Waals surface area contributed by atoms with Gasteiger partial charge >= 0.3 is 19.5 Å². The van der Waals surface area contributed by atoms with Crippen LogP contribution in [0, 0.1) is 0 Å². The molecule has 0 atom stereocenters. The summed E-state index contributed by atoms with van der Waals surface area (Å²) in [4.78, 5) is 29.9. The van der Waals surface area contributed by atoms with Gasteiger partial charge in [-0.1, -0.05) is 18.2 Å². The van der Waals surface area contributed by atoms with E-state index in [9.17, 15) is 9.59 Å². The molecule has 0 unspecified atom stereocenters. The summed E-state index contributed by atoms with van der Waals surface area (Å²) in [6.07, 6.45) is 1.66. The molecule has 0 saturated heterocycles. The quantitative estimate of drug-likeness (QED) is 0.410. The molecule has 19 heavy (non-hydrogen) atoms. The van der Waals surface area contributed by atoms with E-state index in [-0.39, 0.29) is 30.0 Å². The van der Waals surface area contributed by atoms with Gasteiger partial charge in [0.1, 0.15) is 5.94 Å². The van der Waals surface area contributed by atoms with Crippen molar-refractivity contribution in [2.45, 2.75) is 0 Å². The van der Waals surface area contributed by atoms with Crippen molar-refractivity contribution in [2.75, 3.05) is 0 Å². The van der Waals surface area contributed by atoms with Crippen molar-refractivity contribution in [1.29, 1.82) is 0 Å². The summed E-state index contributed by atoms with van der Waals surface area (Å²) in [5.74, 6) is 3.34. The van der Waals surface area contributed by atoms with E-state index in [2.05, 4.69) is 9.97 Å². The summed E-state index contributed by atoms with van der Waals surface area (Å²) >= 11 is 0. The second-order valence-electron chi connectivity index (χ2n) is 3.80. The molecule has 0 fully saturated rings. The van der Waals surface area contributed by atoms with Gasteiger partial charge in [-0.05, 0) is 12.1 Å². The van der Waals surface area contributed by atoms with Crippen LogP contribution in [0.3, 0.4) is 0 Å². The fraction of sp³-hybridized carbons (Fsp3) is 0. The molecule has 3 aromatic rings. The standard InChI is InChI=1S/C14H6N2O2.Rh.H/c17-7-11-6-10-4-3-9-2-1-5-15-13(9)14(10)16-12(11)8-18;;/h1-6H;;. The molecule has 2 aromatic heterocycles. The van der Waals surface area contributed by atoms with Crippen LogP contribution >= 0.6 is 0 Å². The Morgan fingerprint density at radius 2 is 1.74 bits per heavy atom. The van der Waals surface area contributed by atoms with E-state index in [0.717, 1.165) is 10.8 Å². The number of fused-ring (bicyclic) bond motifs is 3. The third-order valence-electron chi connectivity index (χ3n) is 2.76. The topological polar surface area (TPSA) is 59.9 Å². The number of benzene rings is 1. The Kier molecular flexibility index (Phi) is 3.64. The first-order valence-corrected chi connectivity index (χ1v) is 5.28. The number of rotatable bonds is 0. The zero-order valence-electron chi connectivity index (χ0n) is 9.53. The Balaban J connectivity index is 0.00000133. The Morgan fingerprint density at radius 3 is 2.47 bits per heavy atom. The molecule has 0 amide bonds. The Hall–Kier alpha value is -2.18. The van der Waals surface area contributed by atoms with E-state index in [0.29, 0.717) is 11.0 Å². The summed E-state index contributed by atoms with van der Waals surface area (Å²) < 4.78 is 0. The summed E-state index contributed by atoms with van der Waals surface area (Å²) in [6, 6.07) is 9.04. The van der Waals surface area contributed by atoms with Crippen molar-refractivity contribution in [3.05, 3.63) is 47.1 Å². The minimum atomic E-state index is -0.0318. The van der Waals surface area contributed by atoms with Crippen LogP contribution in [0.1, 0.15) is 0 Å². The molecule has 4 nitrogen and oxygen atoms in total. The molecular weight excluding hydrogens is 331 g/mol. The van der Waals surface area contributed by atoms with Gasteiger partial charge in [0, 0.05) is 17.0 Å². The molecule has 0 aliphatic rings. The van der Waals surface area contributed by atoms with Gasteiger partial charge in [0.25, 0.3) is 0 Å². The molecule has 0 spiro atoms. The van der Waals surface area contributed by atoms with E-state index in [1.807, 2.05) is 24.3 Å². The van der Waals surface area contributed by atoms with Crippen LogP contribution in [0.5, 0.6) is 0 Å². The fourth-order valence-electron chi connectivity index (χ4n) is 1.93. The van der Waals surface area contributed by atoms with Gasteiger partial charge in [0.15, 0.2) is 11.3 Å². The number of pyridine rings is 2. The number of carbonyl (C=O) groups excluding carboxylic acids is 2. The van der Waals surface area contributed by atoms with Crippen LogP contribution < -0.4 is 10.6 Å². The first-order chi connectivity index (χ1) is 8.83. The predicted octanol–water partition coefficient (Wildman–Crippen LogP) is -0.481. The molecule has 0 bridgehead atoms. The Labute approximate surface area is 120 Å². The molecule has 0 aliphatic carbocycles. The molecule has 2 heterocycles. The zero-order chi connectivity index (χ0) is 12.5. The summed E-state index contributed by atoms with van der Waals surface area (Å²) in [5.41, 5.74) is 1.29. The molecule has 5 heteroatoms. The number of aromatic nitrogens is 2. The third kappa shape index (κ3) is 2.11. The fourth-order valence-corrected chi connectivity index (χ4v) is 1.93. The van der Waals surface area contributed by atoms with Crippen molar-refractivity contribution in [1.82, 2.24) is 9.97 Å². The van der Waals surface area contributed by atoms with Crippen molar-refractivity contribution < 1.29 is 29.1 Å². The maximum absolute atomic E-state index is 10.8. The van der Waals surface area contributed by atoms with Crippen LogP contribution in [0.15, 0.2) is 36.5 Å². The van der Waals surface area contributed by atoms with Gasteiger partial charge in [-0.25, -0.2) is 14.6 Å². The van der Waals surface area contributed by atoms with Crippen molar-refractivity contribution in [2.24, 2.45) is 0 Å². The molecule has 0 saturated carbocycles. The second-order valence-corrected chi connectivity index (χ2v) is 3.80. The monoisotopic (exact) mass is 338 g/mol. The third-order valence-corrected chi connectivity index (χ3v) is 2.76. The van der Waals surface area contributed by atoms with Gasteiger partial charge in [-0.2, -0.15) is 0 Å². The van der Waals surface area contributed by atoms with Crippen LogP contribution in [-0.2, 0) is 29.1 Å². The second kappa shape index (κ2) is 5.21. The van der Waals surface area contributed by atoms with E-state index < -0.39 is 0 Å². The Bertz CT molecular complexity index is 943. The van der Waals surface area contributed by atoms with Gasteiger partial charge in [-0.3, -0.25) is 4.98 Å². The van der Waals surface area contributed by atoms with E-state index in [4.69, 9.17) is 0 Å². The van der Waals surface area contributed by atoms with Crippen LogP contribution in [-0.4, -0.2) is 21.9 Å². The van der Waals surface area contributed by atoms with Gasteiger partial charge < -0.3 is 0 Å². The molecular formula is C14H7N2O2Rh. The number of hydrogen-bond donors (Lipinski definition) is 0. The van der Waals surface area contributed by atoms with Crippen LogP contribution in [0.2, 0.25) is 0 Å². The Morgan fingerprint density at radius 1 is 0.947 bits per heavy atom. The predicted molar refractivity (Wildman–Crippen MR) is 67.3 cm³/mol. The van der Waals surface area contributed by atoms with Gasteiger partial charge in [0.2, 0.25) is 0 Å². The first kappa shape index (κ1) is 13.3. The summed E-state index contributed by atoms with van der Waals surface area (Å²) in [6.45, 7) is 0. The molecule has 94 valence electrons. The van der Waals surface area contributed by atoms with E-state index in [1.54, 1.807) is 24.1 Å². The molecule has 1 radical (unpaired) electrons. The maximum atomic E-state index is 10.8. The summed E-state index contributed by atoms with van der Waals surface area (Å²) in [7, 11) is 0. The molecule has 0 aliphatic heterocycles. The number of nitrogens with zero attached hydrogens (tertiary/aromatic N) is 2. The minimum absolute atomic E-state index is 0. The normalized spacial score (nSPS) is 9.68. The van der Waals surface area contributed by atoms with Crippen molar-refractivity contribution >= 4 is 33.7 Å². The number of hydrogen-bond acceptors (Lipinski definition) is 4. The van der Waals surface area contributed by atoms with E-state index >= 15 is 0 Å². The average Bonchev–Trinajstić information content (AvgIpc) is 2.45. The molecule has 0 N–H and O–H groups in total. The summed E-state index contributed by atoms with van der Waals surface area (Å²) in [5, 5.41) is 1.76. The zero-order valence-corrected chi connectivity index (χ0v) is 11.3. The first-order valence-electron chi connectivity index (χ1n) is 5.28. The average molecular weight is 338 g/mol. The van der Waals surface area contributed by atoms with E-state index in [1.165, 1.54) is 0 Å².